The molecule has 4 rings (SSSR count). The molecule has 5 heteroatoms. The Balaban J connectivity index is 1.44. The van der Waals surface area contributed by atoms with Gasteiger partial charge in [0.1, 0.15) is 11.6 Å². The molecule has 0 saturated heterocycles. The van der Waals surface area contributed by atoms with Crippen molar-refractivity contribution in [3.05, 3.63) is 89.8 Å². The van der Waals surface area contributed by atoms with Gasteiger partial charge in [0, 0.05) is 5.39 Å². The van der Waals surface area contributed by atoms with Gasteiger partial charge in [0.25, 0.3) is 0 Å². The zero-order chi connectivity index (χ0) is 22.7. The third-order valence-corrected chi connectivity index (χ3v) is 6.40. The molecule has 1 aliphatic carbocycles. The second-order valence-corrected chi connectivity index (χ2v) is 8.46. The Morgan fingerprint density at radius 2 is 1.75 bits per heavy atom. The summed E-state index contributed by atoms with van der Waals surface area (Å²) in [5, 5.41) is 0.466. The largest absolute Gasteiger partial charge is 0.423 e. The first-order valence-corrected chi connectivity index (χ1v) is 11.0. The lowest BCUT2D eigenvalue weighted by Gasteiger charge is -2.28. The fourth-order valence-corrected chi connectivity index (χ4v) is 4.56. The molecule has 166 valence electrons. The van der Waals surface area contributed by atoms with Gasteiger partial charge in [-0.1, -0.05) is 18.2 Å². The first-order valence-electron chi connectivity index (χ1n) is 11.0. The maximum Gasteiger partial charge on any atom is 0.346 e. The monoisotopic (exact) mass is 438 g/mol. The Morgan fingerprint density at radius 1 is 0.969 bits per heavy atom. The minimum Gasteiger partial charge on any atom is -0.423 e. The van der Waals surface area contributed by atoms with Crippen molar-refractivity contribution in [3.8, 4) is 5.75 Å². The van der Waals surface area contributed by atoms with Crippen molar-refractivity contribution in [1.82, 2.24) is 0 Å². The summed E-state index contributed by atoms with van der Waals surface area (Å²) in [6.45, 7) is 3.78. The summed E-state index contributed by atoms with van der Waals surface area (Å²) in [4.78, 5) is 12.5. The average Bonchev–Trinajstić information content (AvgIpc) is 2.80. The zero-order valence-electron chi connectivity index (χ0n) is 17.8. The van der Waals surface area contributed by atoms with Gasteiger partial charge in [0.2, 0.25) is 0 Å². The molecule has 1 aliphatic rings. The van der Waals surface area contributed by atoms with E-state index in [0.717, 1.165) is 50.2 Å². The molecule has 1 fully saturated rings. The van der Waals surface area contributed by atoms with Gasteiger partial charge in [-0.15, -0.1) is 6.58 Å². The highest BCUT2D eigenvalue weighted by molar-refractivity contribution is 5.92. The first-order chi connectivity index (χ1) is 15.5. The van der Waals surface area contributed by atoms with Crippen LogP contribution in [-0.4, -0.2) is 5.97 Å². The summed E-state index contributed by atoms with van der Waals surface area (Å²) >= 11 is 0. The number of esters is 1. The van der Waals surface area contributed by atoms with E-state index < -0.39 is 23.4 Å². The Morgan fingerprint density at radius 3 is 2.47 bits per heavy atom. The van der Waals surface area contributed by atoms with Crippen LogP contribution in [0.2, 0.25) is 0 Å². The van der Waals surface area contributed by atoms with Crippen LogP contribution in [-0.2, 0) is 0 Å². The zero-order valence-corrected chi connectivity index (χ0v) is 17.8. The molecule has 0 radical (unpaired) electrons. The highest BCUT2D eigenvalue weighted by Gasteiger charge is 2.24. The lowest BCUT2D eigenvalue weighted by Crippen LogP contribution is -2.15. The third-order valence-electron chi connectivity index (χ3n) is 6.40. The van der Waals surface area contributed by atoms with Crippen molar-refractivity contribution in [1.29, 1.82) is 0 Å². The number of ether oxygens (including phenoxy) is 1. The van der Waals surface area contributed by atoms with Crippen molar-refractivity contribution < 1.29 is 22.7 Å². The summed E-state index contributed by atoms with van der Waals surface area (Å²) in [5.74, 6) is -2.22. The summed E-state index contributed by atoms with van der Waals surface area (Å²) in [7, 11) is 0. The number of carbonyl (C=O) groups is 1. The SMILES string of the molecule is C=CCCC1CCC(c2ccc(C(=O)Oc3ccc4c(F)c(F)ccc4c3)c(F)c2)CC1. The standard InChI is InChI=1S/C27H25F3O2/c1-2-3-4-17-5-7-18(8-6-17)19-9-12-23(25(29)16-19)27(31)32-21-11-13-22-20(15-21)10-14-24(28)26(22)30/h2,9-18H,1,3-8H2. The highest BCUT2D eigenvalue weighted by atomic mass is 19.2. The van der Waals surface area contributed by atoms with Crippen LogP contribution in [0.4, 0.5) is 13.2 Å². The predicted octanol–water partition coefficient (Wildman–Crippen LogP) is 7.72. The average molecular weight is 438 g/mol. The molecule has 0 N–H and O–H groups in total. The summed E-state index contributed by atoms with van der Waals surface area (Å²) in [5.41, 5.74) is 0.753. The van der Waals surface area contributed by atoms with Crippen molar-refractivity contribution in [2.75, 3.05) is 0 Å². The van der Waals surface area contributed by atoms with Crippen molar-refractivity contribution >= 4 is 16.7 Å². The lowest BCUT2D eigenvalue weighted by molar-refractivity contribution is 0.0730. The molecular weight excluding hydrogens is 413 g/mol. The molecule has 0 unspecified atom stereocenters. The molecule has 0 aliphatic heterocycles. The maximum atomic E-state index is 14.7. The molecular formula is C27H25F3O2. The summed E-state index contributed by atoms with van der Waals surface area (Å²) in [6.07, 6.45) is 8.41. The normalized spacial score (nSPS) is 18.5. The number of carbonyl (C=O) groups excluding carboxylic acids is 1. The van der Waals surface area contributed by atoms with E-state index in [1.807, 2.05) is 6.08 Å². The Kier molecular flexibility index (Phi) is 6.63. The minimum atomic E-state index is -0.961. The molecule has 0 bridgehead atoms. The van der Waals surface area contributed by atoms with Gasteiger partial charge >= 0.3 is 5.97 Å². The molecule has 0 spiro atoms. The number of allylic oxidation sites excluding steroid dienone is 1. The molecule has 0 amide bonds. The van der Waals surface area contributed by atoms with Gasteiger partial charge in [0.05, 0.1) is 5.56 Å². The van der Waals surface area contributed by atoms with E-state index in [4.69, 9.17) is 4.74 Å². The first kappa shape index (κ1) is 22.1. The van der Waals surface area contributed by atoms with E-state index >= 15 is 0 Å². The molecule has 3 aromatic rings. The van der Waals surface area contributed by atoms with Gasteiger partial charge in [-0.3, -0.25) is 0 Å². The van der Waals surface area contributed by atoms with Gasteiger partial charge in [0.15, 0.2) is 11.6 Å². The number of fused-ring (bicyclic) bond motifs is 1. The van der Waals surface area contributed by atoms with E-state index in [-0.39, 0.29) is 16.7 Å². The van der Waals surface area contributed by atoms with Gasteiger partial charge < -0.3 is 4.74 Å². The van der Waals surface area contributed by atoms with E-state index in [1.54, 1.807) is 6.07 Å². The summed E-state index contributed by atoms with van der Waals surface area (Å²) in [6, 6.07) is 11.2. The second kappa shape index (κ2) is 9.60. The van der Waals surface area contributed by atoms with Crippen molar-refractivity contribution in [2.24, 2.45) is 5.92 Å². The Bertz CT molecular complexity index is 1150. The molecule has 0 heterocycles. The predicted molar refractivity (Wildman–Crippen MR) is 119 cm³/mol. The fourth-order valence-electron chi connectivity index (χ4n) is 4.56. The van der Waals surface area contributed by atoms with E-state index in [2.05, 4.69) is 6.58 Å². The molecule has 3 aromatic carbocycles. The van der Waals surface area contributed by atoms with Crippen LogP contribution >= 0.6 is 0 Å². The second-order valence-electron chi connectivity index (χ2n) is 8.46. The molecule has 2 nitrogen and oxygen atoms in total. The van der Waals surface area contributed by atoms with Crippen LogP contribution in [0, 0.1) is 23.4 Å². The van der Waals surface area contributed by atoms with Gasteiger partial charge in [-0.05, 0) is 97.7 Å². The van der Waals surface area contributed by atoms with E-state index in [1.165, 1.54) is 36.4 Å². The van der Waals surface area contributed by atoms with E-state index in [0.29, 0.717) is 17.2 Å². The maximum absolute atomic E-state index is 14.7. The highest BCUT2D eigenvalue weighted by Crippen LogP contribution is 2.38. The Labute approximate surface area is 185 Å². The van der Waals surface area contributed by atoms with E-state index in [9.17, 15) is 18.0 Å². The van der Waals surface area contributed by atoms with Crippen LogP contribution in [0.1, 0.15) is 60.4 Å². The third kappa shape index (κ3) is 4.72. The van der Waals surface area contributed by atoms with Crippen molar-refractivity contribution in [3.63, 3.8) is 0 Å². The number of halogens is 3. The quantitative estimate of drug-likeness (QED) is 0.224. The van der Waals surface area contributed by atoms with Crippen LogP contribution in [0.25, 0.3) is 10.8 Å². The number of hydrogen-bond donors (Lipinski definition) is 0. The summed E-state index contributed by atoms with van der Waals surface area (Å²) < 4.78 is 47.2. The van der Waals surface area contributed by atoms with Crippen LogP contribution in [0.15, 0.2) is 61.2 Å². The molecule has 1 saturated carbocycles. The number of benzene rings is 3. The lowest BCUT2D eigenvalue weighted by atomic mass is 9.77. The van der Waals surface area contributed by atoms with Gasteiger partial charge in [-0.25, -0.2) is 18.0 Å². The van der Waals surface area contributed by atoms with Crippen LogP contribution in [0.3, 0.4) is 0 Å². The topological polar surface area (TPSA) is 26.3 Å². The molecule has 32 heavy (non-hydrogen) atoms. The van der Waals surface area contributed by atoms with Crippen LogP contribution < -0.4 is 4.74 Å². The number of hydrogen-bond acceptors (Lipinski definition) is 2. The van der Waals surface area contributed by atoms with Crippen LogP contribution in [0.5, 0.6) is 5.75 Å². The number of rotatable bonds is 6. The fraction of sp³-hybridized carbons (Fsp3) is 0.296. The minimum absolute atomic E-state index is 0.0829. The van der Waals surface area contributed by atoms with Crippen molar-refractivity contribution in [2.45, 2.75) is 44.4 Å². The molecule has 0 atom stereocenters. The molecule has 0 aromatic heterocycles. The smallest absolute Gasteiger partial charge is 0.346 e. The van der Waals surface area contributed by atoms with Gasteiger partial charge in [-0.2, -0.15) is 0 Å². The Hall–Kier alpha value is -3.08.